The molecule has 2 aliphatic heterocycles. The van der Waals surface area contributed by atoms with E-state index in [-0.39, 0.29) is 15.3 Å². The number of hydrogen-bond donors (Lipinski definition) is 0. The first-order chi connectivity index (χ1) is 6.51. The summed E-state index contributed by atoms with van der Waals surface area (Å²) < 4.78 is 23.1. The maximum Gasteiger partial charge on any atom is 0.232 e. The van der Waals surface area contributed by atoms with E-state index in [2.05, 4.69) is 9.89 Å². The number of rotatable bonds is 1. The van der Waals surface area contributed by atoms with E-state index in [1.54, 1.807) is 0 Å². The summed E-state index contributed by atoms with van der Waals surface area (Å²) in [5, 5.41) is 0.242. The van der Waals surface area contributed by atoms with Crippen molar-refractivity contribution >= 4 is 26.5 Å². The summed E-state index contributed by atoms with van der Waals surface area (Å²) in [4.78, 5) is 5.99. The summed E-state index contributed by atoms with van der Waals surface area (Å²) in [6, 6.07) is 0. The average molecular weight is 235 g/mol. The molecule has 1 unspecified atom stereocenters. The SMILES string of the molecule is CN1CCC(C2=NC=C(Cl)S2(=O)=O)C1. The molecular formula is C8H11ClN2O2S. The van der Waals surface area contributed by atoms with E-state index in [0.29, 0.717) is 0 Å². The zero-order chi connectivity index (χ0) is 10.3. The number of hydrogen-bond acceptors (Lipinski definition) is 4. The number of likely N-dealkylation sites (tertiary alicyclic amines) is 1. The van der Waals surface area contributed by atoms with Gasteiger partial charge in [-0.15, -0.1) is 0 Å². The number of halogens is 1. The number of sulfone groups is 1. The summed E-state index contributed by atoms with van der Waals surface area (Å²) in [6.45, 7) is 1.66. The summed E-state index contributed by atoms with van der Waals surface area (Å²) in [5.41, 5.74) is 0. The molecule has 6 heteroatoms. The Morgan fingerprint density at radius 3 is 2.79 bits per heavy atom. The van der Waals surface area contributed by atoms with Gasteiger partial charge in [-0.1, -0.05) is 11.6 Å². The van der Waals surface area contributed by atoms with Crippen LogP contribution in [0.2, 0.25) is 0 Å². The van der Waals surface area contributed by atoms with Gasteiger partial charge in [0.05, 0.1) is 6.20 Å². The minimum atomic E-state index is -3.42. The summed E-state index contributed by atoms with van der Waals surface area (Å²) in [6.07, 6.45) is 2.07. The lowest BCUT2D eigenvalue weighted by atomic mass is 10.1. The lowest BCUT2D eigenvalue weighted by molar-refractivity contribution is 0.411. The Labute approximate surface area is 88.2 Å². The van der Waals surface area contributed by atoms with Crippen molar-refractivity contribution in [1.82, 2.24) is 4.90 Å². The van der Waals surface area contributed by atoms with Crippen LogP contribution in [0.5, 0.6) is 0 Å². The lowest BCUT2D eigenvalue weighted by Crippen LogP contribution is -2.24. The molecule has 0 aromatic heterocycles. The third kappa shape index (κ3) is 1.49. The van der Waals surface area contributed by atoms with Crippen LogP contribution in [0, 0.1) is 5.92 Å². The average Bonchev–Trinajstić information content (AvgIpc) is 2.60. The minimum absolute atomic E-state index is 0.0116. The Morgan fingerprint density at radius 2 is 2.36 bits per heavy atom. The van der Waals surface area contributed by atoms with E-state index in [0.717, 1.165) is 19.5 Å². The fourth-order valence-electron chi connectivity index (χ4n) is 1.81. The lowest BCUT2D eigenvalue weighted by Gasteiger charge is -2.09. The van der Waals surface area contributed by atoms with Crippen LogP contribution < -0.4 is 0 Å². The molecule has 0 aliphatic carbocycles. The third-order valence-electron chi connectivity index (χ3n) is 2.57. The van der Waals surface area contributed by atoms with E-state index in [1.165, 1.54) is 6.20 Å². The Balaban J connectivity index is 2.24. The predicted molar refractivity (Wildman–Crippen MR) is 55.9 cm³/mol. The summed E-state index contributed by atoms with van der Waals surface area (Å²) >= 11 is 5.56. The van der Waals surface area contributed by atoms with Crippen LogP contribution in [-0.4, -0.2) is 38.5 Å². The molecule has 2 rings (SSSR count). The molecule has 14 heavy (non-hydrogen) atoms. The van der Waals surface area contributed by atoms with Gasteiger partial charge in [-0.05, 0) is 20.0 Å². The van der Waals surface area contributed by atoms with Crippen LogP contribution in [0.3, 0.4) is 0 Å². The Hall–Kier alpha value is -0.390. The first-order valence-electron chi connectivity index (χ1n) is 4.39. The standard InChI is InChI=1S/C8H11ClN2O2S/c1-11-3-2-6(5-11)8-10-4-7(9)14(8,12)13/h4,6H,2-3,5H2,1H3. The fourth-order valence-corrected chi connectivity index (χ4v) is 3.31. The number of aliphatic imine (C=N–C) groups is 1. The highest BCUT2D eigenvalue weighted by Gasteiger charge is 2.36. The highest BCUT2D eigenvalue weighted by molar-refractivity contribution is 8.11. The second-order valence-corrected chi connectivity index (χ2v) is 6.15. The molecule has 0 aromatic carbocycles. The van der Waals surface area contributed by atoms with Crippen molar-refractivity contribution in [3.8, 4) is 0 Å². The molecule has 0 aromatic rings. The summed E-state index contributed by atoms with van der Waals surface area (Å²) in [7, 11) is -1.45. The van der Waals surface area contributed by atoms with Crippen molar-refractivity contribution < 1.29 is 8.42 Å². The van der Waals surface area contributed by atoms with E-state index in [1.807, 2.05) is 7.05 Å². The quantitative estimate of drug-likeness (QED) is 0.675. The van der Waals surface area contributed by atoms with Crippen LogP contribution in [0.4, 0.5) is 0 Å². The maximum atomic E-state index is 11.6. The normalized spacial score (nSPS) is 31.7. The summed E-state index contributed by atoms with van der Waals surface area (Å²) in [5.74, 6) is 0.0116. The van der Waals surface area contributed by atoms with Crippen LogP contribution in [0.15, 0.2) is 15.6 Å². The van der Waals surface area contributed by atoms with Gasteiger partial charge in [0.1, 0.15) is 5.04 Å². The van der Waals surface area contributed by atoms with Gasteiger partial charge in [0.15, 0.2) is 4.36 Å². The predicted octanol–water partition coefficient (Wildman–Crippen LogP) is 0.803. The smallest absolute Gasteiger partial charge is 0.232 e. The monoisotopic (exact) mass is 234 g/mol. The van der Waals surface area contributed by atoms with E-state index < -0.39 is 9.84 Å². The molecule has 4 nitrogen and oxygen atoms in total. The number of nitrogens with zero attached hydrogens (tertiary/aromatic N) is 2. The zero-order valence-electron chi connectivity index (χ0n) is 7.77. The van der Waals surface area contributed by atoms with E-state index in [4.69, 9.17) is 11.6 Å². The third-order valence-corrected chi connectivity index (χ3v) is 4.88. The van der Waals surface area contributed by atoms with E-state index >= 15 is 0 Å². The topological polar surface area (TPSA) is 49.7 Å². The Kier molecular flexibility index (Phi) is 2.41. The Bertz CT molecular complexity index is 413. The molecule has 2 aliphatic rings. The van der Waals surface area contributed by atoms with Crippen molar-refractivity contribution in [3.05, 3.63) is 10.6 Å². The van der Waals surface area contributed by atoms with Gasteiger partial charge in [0.2, 0.25) is 9.84 Å². The van der Waals surface area contributed by atoms with Gasteiger partial charge in [-0.2, -0.15) is 0 Å². The molecule has 1 fully saturated rings. The fraction of sp³-hybridized carbons (Fsp3) is 0.625. The Morgan fingerprint density at radius 1 is 1.64 bits per heavy atom. The molecule has 0 bridgehead atoms. The molecule has 0 spiro atoms. The van der Waals surface area contributed by atoms with Gasteiger partial charge in [0, 0.05) is 12.5 Å². The molecule has 0 radical (unpaired) electrons. The van der Waals surface area contributed by atoms with Crippen molar-refractivity contribution in [1.29, 1.82) is 0 Å². The van der Waals surface area contributed by atoms with Crippen LogP contribution >= 0.6 is 11.6 Å². The van der Waals surface area contributed by atoms with Crippen LogP contribution in [0.25, 0.3) is 0 Å². The largest absolute Gasteiger partial charge is 0.306 e. The van der Waals surface area contributed by atoms with E-state index in [9.17, 15) is 8.42 Å². The van der Waals surface area contributed by atoms with Crippen molar-refractivity contribution in [2.24, 2.45) is 10.9 Å². The molecule has 0 amide bonds. The van der Waals surface area contributed by atoms with Gasteiger partial charge in [-0.25, -0.2) is 13.4 Å². The van der Waals surface area contributed by atoms with Gasteiger partial charge >= 0.3 is 0 Å². The highest BCUT2D eigenvalue weighted by Crippen LogP contribution is 2.28. The molecule has 0 saturated carbocycles. The maximum absolute atomic E-state index is 11.6. The second kappa shape index (κ2) is 3.32. The second-order valence-electron chi connectivity index (χ2n) is 3.65. The van der Waals surface area contributed by atoms with Crippen LogP contribution in [0.1, 0.15) is 6.42 Å². The van der Waals surface area contributed by atoms with Gasteiger partial charge in [0.25, 0.3) is 0 Å². The molecule has 1 atom stereocenters. The minimum Gasteiger partial charge on any atom is -0.306 e. The molecular weight excluding hydrogens is 224 g/mol. The van der Waals surface area contributed by atoms with Crippen molar-refractivity contribution in [3.63, 3.8) is 0 Å². The van der Waals surface area contributed by atoms with Gasteiger partial charge in [-0.3, -0.25) is 0 Å². The highest BCUT2D eigenvalue weighted by atomic mass is 35.5. The molecule has 2 heterocycles. The molecule has 78 valence electrons. The molecule has 0 N–H and O–H groups in total. The van der Waals surface area contributed by atoms with Crippen molar-refractivity contribution in [2.45, 2.75) is 6.42 Å². The van der Waals surface area contributed by atoms with Crippen LogP contribution in [-0.2, 0) is 9.84 Å². The first-order valence-corrected chi connectivity index (χ1v) is 6.25. The van der Waals surface area contributed by atoms with Crippen molar-refractivity contribution in [2.75, 3.05) is 20.1 Å². The zero-order valence-corrected chi connectivity index (χ0v) is 9.35. The molecule has 1 saturated heterocycles. The van der Waals surface area contributed by atoms with Gasteiger partial charge < -0.3 is 4.90 Å². The first kappa shape index (κ1) is 10.1.